The van der Waals surface area contributed by atoms with Crippen molar-refractivity contribution < 1.29 is 13.6 Å². The molecule has 11 heteroatoms. The Morgan fingerprint density at radius 2 is 1.98 bits per heavy atom. The highest BCUT2D eigenvalue weighted by Gasteiger charge is 2.28. The van der Waals surface area contributed by atoms with E-state index in [4.69, 9.17) is 6.57 Å². The summed E-state index contributed by atoms with van der Waals surface area (Å²) in [7, 11) is 0. The number of halogens is 2. The van der Waals surface area contributed by atoms with Gasteiger partial charge in [0.05, 0.1) is 23.5 Å². The predicted octanol–water partition coefficient (Wildman–Crippen LogP) is 7.04. The maximum Gasteiger partial charge on any atom is 0.270 e. The summed E-state index contributed by atoms with van der Waals surface area (Å²) in [5, 5.41) is 9.32. The number of aromatic amines is 1. The first-order valence-corrected chi connectivity index (χ1v) is 14.1. The van der Waals surface area contributed by atoms with Crippen LogP contribution in [0.25, 0.3) is 38.3 Å². The Labute approximate surface area is 238 Å². The minimum Gasteiger partial charge on any atom is -0.365 e. The van der Waals surface area contributed by atoms with Gasteiger partial charge in [0.1, 0.15) is 17.2 Å². The van der Waals surface area contributed by atoms with Crippen molar-refractivity contribution in [2.24, 2.45) is 0 Å². The Hall–Kier alpha value is -4.69. The molecule has 1 aliphatic rings. The van der Waals surface area contributed by atoms with Crippen LogP contribution < -0.4 is 10.6 Å². The molecule has 0 radical (unpaired) electrons. The second-order valence-corrected chi connectivity index (χ2v) is 11.1. The summed E-state index contributed by atoms with van der Waals surface area (Å²) < 4.78 is 30.4. The summed E-state index contributed by atoms with van der Waals surface area (Å²) in [6.07, 6.45) is 5.66. The SMILES string of the molecule is [C-]#[N+]c1c(-c2c[nH]c3ncc(F)cc23)nc(NC2CCCC(NC(=O)c3csc(C)n3)C2)c(F)c1-c1ccccc1. The van der Waals surface area contributed by atoms with E-state index in [0.717, 1.165) is 30.5 Å². The number of amides is 1. The Balaban J connectivity index is 1.38. The summed E-state index contributed by atoms with van der Waals surface area (Å²) >= 11 is 1.42. The highest BCUT2D eigenvalue weighted by atomic mass is 32.1. The molecular formula is C30H25F2N7OS. The van der Waals surface area contributed by atoms with E-state index < -0.39 is 11.6 Å². The number of hydrogen-bond donors (Lipinski definition) is 3. The van der Waals surface area contributed by atoms with Gasteiger partial charge in [-0.25, -0.2) is 28.6 Å². The smallest absolute Gasteiger partial charge is 0.270 e. The molecule has 5 aromatic rings. The lowest BCUT2D eigenvalue weighted by atomic mass is 9.90. The fourth-order valence-corrected chi connectivity index (χ4v) is 5.95. The van der Waals surface area contributed by atoms with Gasteiger partial charge in [-0.15, -0.1) is 11.3 Å². The van der Waals surface area contributed by atoms with Crippen LogP contribution in [0.15, 0.2) is 54.2 Å². The Morgan fingerprint density at radius 1 is 1.17 bits per heavy atom. The summed E-state index contributed by atoms with van der Waals surface area (Å²) in [6.45, 7) is 9.82. The maximum absolute atomic E-state index is 16.3. The molecule has 0 saturated heterocycles. The van der Waals surface area contributed by atoms with Crippen LogP contribution in [0, 0.1) is 25.1 Å². The largest absolute Gasteiger partial charge is 0.365 e. The highest BCUT2D eigenvalue weighted by Crippen LogP contribution is 2.44. The van der Waals surface area contributed by atoms with Gasteiger partial charge in [-0.3, -0.25) is 4.79 Å². The molecule has 8 nitrogen and oxygen atoms in total. The average Bonchev–Trinajstić information content (AvgIpc) is 3.60. The van der Waals surface area contributed by atoms with E-state index in [9.17, 15) is 9.18 Å². The molecule has 3 N–H and O–H groups in total. The first-order chi connectivity index (χ1) is 19.9. The quantitative estimate of drug-likeness (QED) is 0.191. The van der Waals surface area contributed by atoms with Gasteiger partial charge in [0, 0.05) is 40.2 Å². The number of H-pyrrole nitrogens is 1. The van der Waals surface area contributed by atoms with Gasteiger partial charge in [-0.05, 0) is 44.2 Å². The zero-order valence-electron chi connectivity index (χ0n) is 22.0. The number of thiazole rings is 1. The number of benzene rings is 1. The standard InChI is InChI=1S/C30H25F2N7OS/c1-16-36-23(15-41-16)30(40)38-20-10-6-9-19(12-20)37-29-25(32)24(17-7-4-3-5-8-17)27(33-2)26(39-29)22-14-35-28-21(22)11-18(31)13-34-28/h3-5,7-8,11,13-15,19-20H,6,9-10,12H2,1H3,(H,34,35)(H,37,39)(H,38,40). The van der Waals surface area contributed by atoms with Crippen molar-refractivity contribution in [2.45, 2.75) is 44.7 Å². The van der Waals surface area contributed by atoms with E-state index in [2.05, 4.69) is 35.4 Å². The Morgan fingerprint density at radius 3 is 2.73 bits per heavy atom. The molecule has 4 aromatic heterocycles. The van der Waals surface area contributed by atoms with Gasteiger partial charge in [0.2, 0.25) is 5.69 Å². The van der Waals surface area contributed by atoms with Crippen LogP contribution in [-0.4, -0.2) is 37.9 Å². The minimum absolute atomic E-state index is 0.00271. The summed E-state index contributed by atoms with van der Waals surface area (Å²) in [5.74, 6) is -1.40. The molecule has 0 bridgehead atoms. The van der Waals surface area contributed by atoms with Crippen molar-refractivity contribution in [3.63, 3.8) is 0 Å². The van der Waals surface area contributed by atoms with E-state index in [-0.39, 0.29) is 40.8 Å². The van der Waals surface area contributed by atoms with Gasteiger partial charge >= 0.3 is 0 Å². The van der Waals surface area contributed by atoms with Crippen molar-refractivity contribution in [3.05, 3.63) is 87.9 Å². The highest BCUT2D eigenvalue weighted by molar-refractivity contribution is 7.09. The number of pyridine rings is 2. The van der Waals surface area contributed by atoms with Crippen molar-refractivity contribution in [3.8, 4) is 22.4 Å². The molecule has 6 rings (SSSR count). The lowest BCUT2D eigenvalue weighted by Gasteiger charge is -2.31. The number of rotatable bonds is 6. The van der Waals surface area contributed by atoms with Gasteiger partial charge in [0.15, 0.2) is 11.6 Å². The number of nitrogens with one attached hydrogen (secondary N) is 3. The van der Waals surface area contributed by atoms with Crippen LogP contribution >= 0.6 is 11.3 Å². The van der Waals surface area contributed by atoms with E-state index in [1.165, 1.54) is 17.4 Å². The van der Waals surface area contributed by atoms with E-state index in [1.54, 1.807) is 35.8 Å². The lowest BCUT2D eigenvalue weighted by molar-refractivity contribution is 0.0922. The molecular weight excluding hydrogens is 544 g/mol. The number of hydrogen-bond acceptors (Lipinski definition) is 6. The molecule has 1 aromatic carbocycles. The van der Waals surface area contributed by atoms with Gasteiger partial charge < -0.3 is 15.6 Å². The molecule has 1 aliphatic carbocycles. The Bertz CT molecular complexity index is 1790. The second-order valence-electron chi connectivity index (χ2n) is 10.0. The predicted molar refractivity (Wildman–Crippen MR) is 155 cm³/mol. The molecule has 2 atom stereocenters. The summed E-state index contributed by atoms with van der Waals surface area (Å²) in [5.41, 5.74) is 2.17. The van der Waals surface area contributed by atoms with E-state index in [0.29, 0.717) is 34.3 Å². The second kappa shape index (κ2) is 11.1. The van der Waals surface area contributed by atoms with Gasteiger partial charge in [-0.1, -0.05) is 30.3 Å². The first-order valence-electron chi connectivity index (χ1n) is 13.2. The van der Waals surface area contributed by atoms with Crippen molar-refractivity contribution in [1.29, 1.82) is 0 Å². The van der Waals surface area contributed by atoms with Crippen molar-refractivity contribution in [2.75, 3.05) is 5.32 Å². The summed E-state index contributed by atoms with van der Waals surface area (Å²) in [6, 6.07) is 9.88. The zero-order valence-corrected chi connectivity index (χ0v) is 22.9. The van der Waals surface area contributed by atoms with Gasteiger partial charge in [0.25, 0.3) is 5.91 Å². The van der Waals surface area contributed by atoms with Crippen LogP contribution in [0.4, 0.5) is 20.3 Å². The molecule has 1 fully saturated rings. The number of carbonyl (C=O) groups excluding carboxylic acids is 1. The fourth-order valence-electron chi connectivity index (χ4n) is 5.36. The molecule has 206 valence electrons. The maximum atomic E-state index is 16.3. The summed E-state index contributed by atoms with van der Waals surface area (Å²) in [4.78, 5) is 32.4. The van der Waals surface area contributed by atoms with Crippen molar-refractivity contribution in [1.82, 2.24) is 25.3 Å². The minimum atomic E-state index is -0.640. The van der Waals surface area contributed by atoms with Crippen LogP contribution in [-0.2, 0) is 0 Å². The Kier molecular flexibility index (Phi) is 7.15. The van der Waals surface area contributed by atoms with Gasteiger partial charge in [-0.2, -0.15) is 0 Å². The molecule has 1 saturated carbocycles. The molecule has 1 amide bonds. The average molecular weight is 570 g/mol. The topological polar surface area (TPSA) is 100.0 Å². The van der Waals surface area contributed by atoms with Crippen molar-refractivity contribution >= 4 is 39.8 Å². The third-order valence-corrected chi connectivity index (χ3v) is 8.01. The third kappa shape index (κ3) is 5.26. The van der Waals surface area contributed by atoms with E-state index in [1.807, 2.05) is 13.0 Å². The number of carbonyl (C=O) groups is 1. The number of fused-ring (bicyclic) bond motifs is 1. The molecule has 41 heavy (non-hydrogen) atoms. The number of nitrogens with zero attached hydrogens (tertiary/aromatic N) is 4. The zero-order chi connectivity index (χ0) is 28.5. The number of anilines is 1. The number of aromatic nitrogens is 4. The van der Waals surface area contributed by atoms with Crippen LogP contribution in [0.2, 0.25) is 0 Å². The molecule has 4 heterocycles. The molecule has 0 spiro atoms. The lowest BCUT2D eigenvalue weighted by Crippen LogP contribution is -2.42. The monoisotopic (exact) mass is 569 g/mol. The van der Waals surface area contributed by atoms with Crippen LogP contribution in [0.5, 0.6) is 0 Å². The number of aryl methyl sites for hydroxylation is 1. The molecule has 0 aliphatic heterocycles. The van der Waals surface area contributed by atoms with E-state index >= 15 is 4.39 Å². The van der Waals surface area contributed by atoms with Crippen LogP contribution in [0.3, 0.4) is 0 Å². The third-order valence-electron chi connectivity index (χ3n) is 7.24. The fraction of sp³-hybridized carbons (Fsp3) is 0.233. The molecule has 2 unspecified atom stereocenters. The van der Waals surface area contributed by atoms with Crippen LogP contribution in [0.1, 0.15) is 41.2 Å². The first kappa shape index (κ1) is 26.5. The normalized spacial score (nSPS) is 16.8.